The Kier molecular flexibility index (Phi) is 3.85. The second-order valence-corrected chi connectivity index (χ2v) is 4.88. The number of hydrogen-bond acceptors (Lipinski definition) is 4. The fourth-order valence-electron chi connectivity index (χ4n) is 2.35. The van der Waals surface area contributed by atoms with Crippen LogP contribution in [0.5, 0.6) is 0 Å². The number of carbonyl (C=O) groups is 1. The van der Waals surface area contributed by atoms with Gasteiger partial charge in [0.2, 0.25) is 0 Å². The van der Waals surface area contributed by atoms with Crippen molar-refractivity contribution in [3.8, 4) is 6.07 Å². The number of aliphatic carboxylic acids is 1. The molecule has 3 heterocycles. The van der Waals surface area contributed by atoms with Crippen LogP contribution in [0.15, 0.2) is 54.5 Å². The van der Waals surface area contributed by atoms with E-state index in [-0.39, 0.29) is 5.57 Å². The lowest BCUT2D eigenvalue weighted by Gasteiger charge is -2.03. The van der Waals surface area contributed by atoms with Crippen molar-refractivity contribution in [2.24, 2.45) is 0 Å². The van der Waals surface area contributed by atoms with E-state index in [1.54, 1.807) is 30.7 Å². The largest absolute Gasteiger partial charge is 0.477 e. The van der Waals surface area contributed by atoms with Crippen LogP contribution in [0.1, 0.15) is 11.3 Å². The van der Waals surface area contributed by atoms with Crippen LogP contribution in [0, 0.1) is 11.3 Å². The Labute approximate surface area is 132 Å². The zero-order chi connectivity index (χ0) is 16.2. The summed E-state index contributed by atoms with van der Waals surface area (Å²) in [5.41, 5.74) is 1.91. The summed E-state index contributed by atoms with van der Waals surface area (Å²) in [6.07, 6.45) is 6.54. The van der Waals surface area contributed by atoms with Crippen molar-refractivity contribution in [2.75, 3.05) is 0 Å². The molecule has 0 aliphatic rings. The van der Waals surface area contributed by atoms with Crippen LogP contribution in [0.3, 0.4) is 0 Å². The summed E-state index contributed by atoms with van der Waals surface area (Å²) in [4.78, 5) is 19.7. The van der Waals surface area contributed by atoms with Crippen LogP contribution in [0.4, 0.5) is 0 Å². The minimum atomic E-state index is -1.25. The molecule has 0 saturated heterocycles. The summed E-state index contributed by atoms with van der Waals surface area (Å²) >= 11 is 0. The van der Waals surface area contributed by atoms with Gasteiger partial charge in [-0.1, -0.05) is 6.07 Å². The second-order valence-electron chi connectivity index (χ2n) is 4.88. The number of carboxylic acid groups (broad SMARTS) is 1. The predicted molar refractivity (Wildman–Crippen MR) is 84.3 cm³/mol. The van der Waals surface area contributed by atoms with Gasteiger partial charge in [-0.15, -0.1) is 0 Å². The summed E-state index contributed by atoms with van der Waals surface area (Å²) in [5, 5.41) is 18.8. The molecule has 6 nitrogen and oxygen atoms in total. The number of aromatic nitrogens is 3. The first-order valence-electron chi connectivity index (χ1n) is 6.88. The number of nitriles is 1. The van der Waals surface area contributed by atoms with Crippen LogP contribution < -0.4 is 0 Å². The first-order chi connectivity index (χ1) is 11.2. The molecule has 3 rings (SSSR count). The van der Waals surface area contributed by atoms with Crippen molar-refractivity contribution in [3.63, 3.8) is 0 Å². The van der Waals surface area contributed by atoms with Crippen molar-refractivity contribution >= 4 is 23.1 Å². The van der Waals surface area contributed by atoms with Crippen LogP contribution in [-0.4, -0.2) is 25.6 Å². The van der Waals surface area contributed by atoms with E-state index < -0.39 is 5.97 Å². The first-order valence-corrected chi connectivity index (χ1v) is 6.88. The van der Waals surface area contributed by atoms with E-state index in [0.717, 1.165) is 11.1 Å². The van der Waals surface area contributed by atoms with Crippen LogP contribution in [0.2, 0.25) is 0 Å². The maximum atomic E-state index is 11.0. The van der Waals surface area contributed by atoms with E-state index in [0.29, 0.717) is 17.8 Å². The fraction of sp³-hybridized carbons (Fsp3) is 0.0588. The van der Waals surface area contributed by atoms with Crippen molar-refractivity contribution in [3.05, 3.63) is 65.8 Å². The minimum absolute atomic E-state index is 0.314. The molecule has 1 N–H and O–H groups in total. The molecule has 0 aliphatic heterocycles. The van der Waals surface area contributed by atoms with Gasteiger partial charge in [-0.2, -0.15) is 5.26 Å². The van der Waals surface area contributed by atoms with Crippen LogP contribution >= 0.6 is 0 Å². The Hall–Kier alpha value is -3.46. The van der Waals surface area contributed by atoms with Gasteiger partial charge in [0.1, 0.15) is 17.3 Å². The number of pyridine rings is 2. The quantitative estimate of drug-likeness (QED) is 0.590. The Morgan fingerprint density at radius 1 is 1.26 bits per heavy atom. The van der Waals surface area contributed by atoms with Gasteiger partial charge in [0, 0.05) is 29.5 Å². The summed E-state index contributed by atoms with van der Waals surface area (Å²) in [6, 6.07) is 11.0. The normalized spacial score (nSPS) is 11.3. The Bertz CT molecular complexity index is 936. The molecule has 0 saturated carbocycles. The molecule has 0 bridgehead atoms. The molecule has 0 atom stereocenters. The molecule has 0 unspecified atom stereocenters. The molecular formula is C17H12N4O2. The summed E-state index contributed by atoms with van der Waals surface area (Å²) in [6.45, 7) is 0.511. The number of fused-ring (bicyclic) bond motifs is 1. The van der Waals surface area contributed by atoms with E-state index in [1.165, 1.54) is 6.08 Å². The molecular weight excluding hydrogens is 292 g/mol. The molecule has 3 aromatic heterocycles. The van der Waals surface area contributed by atoms with E-state index >= 15 is 0 Å². The van der Waals surface area contributed by atoms with Gasteiger partial charge in [-0.3, -0.25) is 4.98 Å². The molecule has 0 amide bonds. The van der Waals surface area contributed by atoms with Gasteiger partial charge >= 0.3 is 5.97 Å². The lowest BCUT2D eigenvalue weighted by molar-refractivity contribution is -0.132. The Morgan fingerprint density at radius 3 is 2.78 bits per heavy atom. The zero-order valence-corrected chi connectivity index (χ0v) is 12.0. The Balaban J connectivity index is 2.11. The van der Waals surface area contributed by atoms with Crippen molar-refractivity contribution < 1.29 is 9.90 Å². The highest BCUT2D eigenvalue weighted by Crippen LogP contribution is 2.22. The van der Waals surface area contributed by atoms with Crippen molar-refractivity contribution in [1.82, 2.24) is 14.5 Å². The number of rotatable bonds is 4. The maximum absolute atomic E-state index is 11.0. The SMILES string of the molecule is N#C/C(=C\c1cn(Cc2ccccn2)c2ncccc12)C(=O)O. The minimum Gasteiger partial charge on any atom is -0.477 e. The summed E-state index contributed by atoms with van der Waals surface area (Å²) in [7, 11) is 0. The zero-order valence-electron chi connectivity index (χ0n) is 12.0. The van der Waals surface area contributed by atoms with Gasteiger partial charge in [-0.05, 0) is 30.3 Å². The molecule has 0 fully saturated rings. The van der Waals surface area contributed by atoms with Crippen LogP contribution in [0.25, 0.3) is 17.1 Å². The molecule has 3 aromatic rings. The average molecular weight is 304 g/mol. The van der Waals surface area contributed by atoms with E-state index in [2.05, 4.69) is 9.97 Å². The highest BCUT2D eigenvalue weighted by atomic mass is 16.4. The number of carboxylic acids is 1. The van der Waals surface area contributed by atoms with Gasteiger partial charge in [0.15, 0.2) is 0 Å². The topological polar surface area (TPSA) is 91.8 Å². The molecule has 0 radical (unpaired) electrons. The monoisotopic (exact) mass is 304 g/mol. The lowest BCUT2D eigenvalue weighted by Crippen LogP contribution is -2.00. The van der Waals surface area contributed by atoms with Gasteiger partial charge in [-0.25, -0.2) is 9.78 Å². The lowest BCUT2D eigenvalue weighted by atomic mass is 10.1. The fourth-order valence-corrected chi connectivity index (χ4v) is 2.35. The third-order valence-corrected chi connectivity index (χ3v) is 3.37. The predicted octanol–water partition coefficient (Wildman–Crippen LogP) is 2.47. The van der Waals surface area contributed by atoms with E-state index in [4.69, 9.17) is 10.4 Å². The molecule has 112 valence electrons. The highest BCUT2D eigenvalue weighted by molar-refractivity contribution is 5.99. The molecule has 6 heteroatoms. The summed E-state index contributed by atoms with van der Waals surface area (Å²) < 4.78 is 1.89. The average Bonchev–Trinajstić information content (AvgIpc) is 2.91. The molecule has 0 aliphatic carbocycles. The number of nitrogens with zero attached hydrogens (tertiary/aromatic N) is 4. The third-order valence-electron chi connectivity index (χ3n) is 3.37. The van der Waals surface area contributed by atoms with E-state index in [1.807, 2.05) is 28.8 Å². The maximum Gasteiger partial charge on any atom is 0.346 e. The molecule has 23 heavy (non-hydrogen) atoms. The Morgan fingerprint density at radius 2 is 2.09 bits per heavy atom. The van der Waals surface area contributed by atoms with Crippen molar-refractivity contribution in [1.29, 1.82) is 5.26 Å². The first kappa shape index (κ1) is 14.5. The second kappa shape index (κ2) is 6.12. The molecule has 0 spiro atoms. The van der Waals surface area contributed by atoms with Crippen molar-refractivity contribution in [2.45, 2.75) is 6.54 Å². The smallest absolute Gasteiger partial charge is 0.346 e. The van der Waals surface area contributed by atoms with Gasteiger partial charge in [0.25, 0.3) is 0 Å². The summed E-state index contributed by atoms with van der Waals surface area (Å²) in [5.74, 6) is -1.25. The molecule has 0 aromatic carbocycles. The highest BCUT2D eigenvalue weighted by Gasteiger charge is 2.12. The standard InChI is InChI=1S/C17H12N4O2/c18-9-12(17(22)23)8-13-10-21(11-14-4-1-2-6-19-14)16-15(13)5-3-7-20-16/h1-8,10H,11H2,(H,22,23)/b12-8+. The van der Waals surface area contributed by atoms with Crippen LogP contribution in [-0.2, 0) is 11.3 Å². The van der Waals surface area contributed by atoms with Gasteiger partial charge < -0.3 is 9.67 Å². The van der Waals surface area contributed by atoms with E-state index in [9.17, 15) is 4.79 Å². The van der Waals surface area contributed by atoms with Gasteiger partial charge in [0.05, 0.1) is 12.2 Å². The third kappa shape index (κ3) is 2.94. The number of hydrogen-bond donors (Lipinski definition) is 1.